The average Bonchev–Trinajstić information content (AvgIpc) is 2.28. The molecule has 0 bridgehead atoms. The van der Waals surface area contributed by atoms with Gasteiger partial charge in [-0.05, 0) is 0 Å². The first kappa shape index (κ1) is 11.4. The fraction of sp³-hybridized carbons (Fsp3) is 0.545. The number of nitrogens with zero attached hydrogens (tertiary/aromatic N) is 3. The standard InChI is InChI=1S/C11H15N3OS/c1-8-5-14(6-9(2)16-8)11-12-3-10(7-15)4-13-11/h3-4,7-9H,5-6H2,1-2H3. The van der Waals surface area contributed by atoms with Crippen molar-refractivity contribution in [3.05, 3.63) is 18.0 Å². The first-order chi connectivity index (χ1) is 7.69. The van der Waals surface area contributed by atoms with E-state index in [0.717, 1.165) is 25.3 Å². The molecule has 16 heavy (non-hydrogen) atoms. The first-order valence-electron chi connectivity index (χ1n) is 5.36. The number of rotatable bonds is 2. The van der Waals surface area contributed by atoms with Crippen molar-refractivity contribution in [2.45, 2.75) is 24.3 Å². The predicted molar refractivity (Wildman–Crippen MR) is 66.1 cm³/mol. The van der Waals surface area contributed by atoms with Crippen LogP contribution >= 0.6 is 11.8 Å². The summed E-state index contributed by atoms with van der Waals surface area (Å²) in [7, 11) is 0. The van der Waals surface area contributed by atoms with E-state index in [-0.39, 0.29) is 0 Å². The number of hydrogen-bond donors (Lipinski definition) is 0. The fourth-order valence-corrected chi connectivity index (χ4v) is 3.22. The summed E-state index contributed by atoms with van der Waals surface area (Å²) in [5.41, 5.74) is 0.524. The van der Waals surface area contributed by atoms with Gasteiger partial charge in [0.25, 0.3) is 0 Å². The second-order valence-corrected chi connectivity index (χ2v) is 5.98. The molecule has 0 radical (unpaired) electrons. The van der Waals surface area contributed by atoms with Crippen molar-refractivity contribution in [2.75, 3.05) is 18.0 Å². The number of anilines is 1. The second kappa shape index (κ2) is 4.82. The van der Waals surface area contributed by atoms with Crippen molar-refractivity contribution in [1.82, 2.24) is 9.97 Å². The zero-order valence-electron chi connectivity index (χ0n) is 9.46. The lowest BCUT2D eigenvalue weighted by atomic mass is 10.3. The highest BCUT2D eigenvalue weighted by atomic mass is 32.2. The third kappa shape index (κ3) is 2.52. The van der Waals surface area contributed by atoms with Gasteiger partial charge in [0.1, 0.15) is 0 Å². The van der Waals surface area contributed by atoms with Crippen LogP contribution in [0.5, 0.6) is 0 Å². The summed E-state index contributed by atoms with van der Waals surface area (Å²) < 4.78 is 0. The van der Waals surface area contributed by atoms with Crippen LogP contribution in [0.15, 0.2) is 12.4 Å². The summed E-state index contributed by atoms with van der Waals surface area (Å²) >= 11 is 1.99. The molecular formula is C11H15N3OS. The van der Waals surface area contributed by atoms with E-state index in [2.05, 4.69) is 28.7 Å². The molecule has 0 N–H and O–H groups in total. The number of aldehydes is 1. The molecule has 1 aromatic heterocycles. The zero-order chi connectivity index (χ0) is 11.5. The lowest BCUT2D eigenvalue weighted by Crippen LogP contribution is -2.41. The summed E-state index contributed by atoms with van der Waals surface area (Å²) in [4.78, 5) is 21.1. The van der Waals surface area contributed by atoms with Crippen LogP contribution in [-0.2, 0) is 0 Å². The van der Waals surface area contributed by atoms with Crippen molar-refractivity contribution in [3.63, 3.8) is 0 Å². The molecule has 2 rings (SSSR count). The molecule has 1 aromatic rings. The molecule has 1 aliphatic heterocycles. The minimum Gasteiger partial charge on any atom is -0.339 e. The molecule has 1 aliphatic rings. The topological polar surface area (TPSA) is 46.1 Å². The Labute approximate surface area is 99.5 Å². The Bertz CT molecular complexity index is 358. The van der Waals surface area contributed by atoms with Crippen LogP contribution < -0.4 is 4.90 Å². The Kier molecular flexibility index (Phi) is 3.43. The molecule has 0 aliphatic carbocycles. The smallest absolute Gasteiger partial charge is 0.225 e. The van der Waals surface area contributed by atoms with E-state index in [1.807, 2.05) is 11.8 Å². The van der Waals surface area contributed by atoms with Gasteiger partial charge in [0.05, 0.1) is 5.56 Å². The van der Waals surface area contributed by atoms with E-state index in [9.17, 15) is 4.79 Å². The number of carbonyl (C=O) groups is 1. The maximum Gasteiger partial charge on any atom is 0.225 e. The molecule has 1 fully saturated rings. The maximum atomic E-state index is 10.5. The molecule has 0 aromatic carbocycles. The predicted octanol–water partition coefficient (Wildman–Crippen LogP) is 1.62. The highest BCUT2D eigenvalue weighted by Crippen LogP contribution is 2.26. The van der Waals surface area contributed by atoms with Gasteiger partial charge >= 0.3 is 0 Å². The molecule has 4 nitrogen and oxygen atoms in total. The quantitative estimate of drug-likeness (QED) is 0.731. The van der Waals surface area contributed by atoms with E-state index >= 15 is 0 Å². The van der Waals surface area contributed by atoms with Gasteiger partial charge in [-0.3, -0.25) is 4.79 Å². The van der Waals surface area contributed by atoms with Crippen LogP contribution in [0.1, 0.15) is 24.2 Å². The molecule has 5 heteroatoms. The van der Waals surface area contributed by atoms with E-state index < -0.39 is 0 Å². The summed E-state index contributed by atoms with van der Waals surface area (Å²) in [6.07, 6.45) is 3.92. The lowest BCUT2D eigenvalue weighted by Gasteiger charge is -2.34. The van der Waals surface area contributed by atoms with Gasteiger partial charge in [0, 0.05) is 36.0 Å². The van der Waals surface area contributed by atoms with Gasteiger partial charge in [-0.2, -0.15) is 11.8 Å². The Morgan fingerprint density at radius 2 is 1.88 bits per heavy atom. The summed E-state index contributed by atoms with van der Waals surface area (Å²) in [6.45, 7) is 6.37. The average molecular weight is 237 g/mol. The van der Waals surface area contributed by atoms with Crippen molar-refractivity contribution in [3.8, 4) is 0 Å². The minimum absolute atomic E-state index is 0.524. The van der Waals surface area contributed by atoms with Crippen LogP contribution in [0.3, 0.4) is 0 Å². The van der Waals surface area contributed by atoms with E-state index in [1.54, 1.807) is 12.4 Å². The van der Waals surface area contributed by atoms with Gasteiger partial charge < -0.3 is 4.90 Å². The summed E-state index contributed by atoms with van der Waals surface area (Å²) in [5, 5.41) is 1.19. The molecule has 0 spiro atoms. The number of thioether (sulfide) groups is 1. The highest BCUT2D eigenvalue weighted by Gasteiger charge is 2.23. The van der Waals surface area contributed by atoms with Crippen LogP contribution in [0.2, 0.25) is 0 Å². The zero-order valence-corrected chi connectivity index (χ0v) is 10.3. The van der Waals surface area contributed by atoms with E-state index in [4.69, 9.17) is 0 Å². The lowest BCUT2D eigenvalue weighted by molar-refractivity contribution is 0.112. The molecule has 2 atom stereocenters. The van der Waals surface area contributed by atoms with Gasteiger partial charge in [0.2, 0.25) is 5.95 Å². The molecule has 1 saturated heterocycles. The monoisotopic (exact) mass is 237 g/mol. The van der Waals surface area contributed by atoms with Crippen LogP contribution in [0, 0.1) is 0 Å². The summed E-state index contributed by atoms with van der Waals surface area (Å²) in [5.74, 6) is 0.726. The molecule has 0 amide bonds. The Hall–Kier alpha value is -1.10. The number of carbonyl (C=O) groups excluding carboxylic acids is 1. The number of hydrogen-bond acceptors (Lipinski definition) is 5. The third-order valence-electron chi connectivity index (χ3n) is 2.50. The SMILES string of the molecule is CC1CN(c2ncc(C=O)cn2)CC(C)S1. The Balaban J connectivity index is 2.13. The van der Waals surface area contributed by atoms with Gasteiger partial charge in [0.15, 0.2) is 6.29 Å². The van der Waals surface area contributed by atoms with Crippen molar-refractivity contribution in [1.29, 1.82) is 0 Å². The maximum absolute atomic E-state index is 10.5. The normalized spacial score (nSPS) is 25.5. The highest BCUT2D eigenvalue weighted by molar-refractivity contribution is 8.00. The van der Waals surface area contributed by atoms with Crippen LogP contribution in [0.4, 0.5) is 5.95 Å². The first-order valence-corrected chi connectivity index (χ1v) is 6.31. The Morgan fingerprint density at radius 1 is 1.31 bits per heavy atom. The molecular weight excluding hydrogens is 222 g/mol. The van der Waals surface area contributed by atoms with Crippen molar-refractivity contribution < 1.29 is 4.79 Å². The minimum atomic E-state index is 0.524. The second-order valence-electron chi connectivity index (χ2n) is 4.10. The fourth-order valence-electron chi connectivity index (χ4n) is 1.90. The Morgan fingerprint density at radius 3 is 2.38 bits per heavy atom. The van der Waals surface area contributed by atoms with Crippen LogP contribution in [-0.4, -0.2) is 39.8 Å². The van der Waals surface area contributed by atoms with Gasteiger partial charge in [-0.25, -0.2) is 9.97 Å². The summed E-state index contributed by atoms with van der Waals surface area (Å²) in [6, 6.07) is 0. The van der Waals surface area contributed by atoms with Crippen molar-refractivity contribution >= 4 is 24.0 Å². The molecule has 0 saturated carbocycles. The van der Waals surface area contributed by atoms with Crippen LogP contribution in [0.25, 0.3) is 0 Å². The molecule has 2 heterocycles. The van der Waals surface area contributed by atoms with E-state index in [0.29, 0.717) is 16.1 Å². The van der Waals surface area contributed by atoms with E-state index in [1.165, 1.54) is 0 Å². The number of aromatic nitrogens is 2. The van der Waals surface area contributed by atoms with Crippen molar-refractivity contribution in [2.24, 2.45) is 0 Å². The largest absolute Gasteiger partial charge is 0.339 e. The van der Waals surface area contributed by atoms with Gasteiger partial charge in [-0.15, -0.1) is 0 Å². The van der Waals surface area contributed by atoms with Gasteiger partial charge in [-0.1, -0.05) is 13.8 Å². The third-order valence-corrected chi connectivity index (χ3v) is 3.72. The molecule has 2 unspecified atom stereocenters. The molecule has 86 valence electrons.